The fourth-order valence-corrected chi connectivity index (χ4v) is 5.73. The summed E-state index contributed by atoms with van der Waals surface area (Å²) in [7, 11) is 0. The van der Waals surface area contributed by atoms with Gasteiger partial charge in [0.25, 0.3) is 0 Å². The van der Waals surface area contributed by atoms with Crippen LogP contribution in [0.25, 0.3) is 0 Å². The van der Waals surface area contributed by atoms with E-state index < -0.39 is 0 Å². The second-order valence-corrected chi connectivity index (χ2v) is 9.69. The Morgan fingerprint density at radius 3 is 2.68 bits per heavy atom. The Kier molecular flexibility index (Phi) is 5.28. The first-order valence-electron chi connectivity index (χ1n) is 10.7. The minimum absolute atomic E-state index is 0.0246. The molecule has 0 bridgehead atoms. The van der Waals surface area contributed by atoms with Crippen LogP contribution in [-0.4, -0.2) is 43.5 Å². The first-order valence-corrected chi connectivity index (χ1v) is 10.7. The minimum Gasteiger partial charge on any atom is -0.350 e. The lowest BCUT2D eigenvalue weighted by Crippen LogP contribution is -2.39. The molecule has 0 radical (unpaired) electrons. The highest BCUT2D eigenvalue weighted by Gasteiger charge is 2.42. The molecule has 0 spiro atoms. The van der Waals surface area contributed by atoms with E-state index >= 15 is 0 Å². The van der Waals surface area contributed by atoms with Gasteiger partial charge in [-0.1, -0.05) is 38.3 Å². The van der Waals surface area contributed by atoms with Crippen molar-refractivity contribution in [3.8, 4) is 0 Å². The first-order chi connectivity index (χ1) is 12.0. The monoisotopic (exact) mass is 347 g/mol. The molecule has 3 heteroatoms. The van der Waals surface area contributed by atoms with Crippen LogP contribution in [0.15, 0.2) is 11.1 Å². The number of nitrogens with zero attached hydrogens (tertiary/aromatic N) is 1. The van der Waals surface area contributed by atoms with Crippen molar-refractivity contribution >= 4 is 0 Å². The largest absolute Gasteiger partial charge is 0.350 e. The van der Waals surface area contributed by atoms with E-state index in [1.807, 2.05) is 0 Å². The van der Waals surface area contributed by atoms with Crippen molar-refractivity contribution in [3.05, 3.63) is 11.1 Å². The molecule has 0 unspecified atom stereocenters. The highest BCUT2D eigenvalue weighted by atomic mass is 16.7. The Bertz CT molecular complexity index is 506. The van der Waals surface area contributed by atoms with E-state index in [-0.39, 0.29) is 12.4 Å². The van der Waals surface area contributed by atoms with Gasteiger partial charge in [0.15, 0.2) is 6.29 Å². The summed E-state index contributed by atoms with van der Waals surface area (Å²) in [6.45, 7) is 11.7. The second-order valence-electron chi connectivity index (χ2n) is 9.69. The summed E-state index contributed by atoms with van der Waals surface area (Å²) < 4.78 is 12.6. The fourth-order valence-electron chi connectivity index (χ4n) is 5.73. The maximum atomic E-state index is 6.44. The van der Waals surface area contributed by atoms with Crippen molar-refractivity contribution in [2.24, 2.45) is 17.3 Å². The lowest BCUT2D eigenvalue weighted by Gasteiger charge is -2.44. The molecule has 2 aliphatic heterocycles. The summed E-state index contributed by atoms with van der Waals surface area (Å²) in [5.74, 6) is 1.23. The van der Waals surface area contributed by atoms with E-state index in [0.29, 0.717) is 17.3 Å². The molecule has 2 saturated heterocycles. The van der Waals surface area contributed by atoms with Crippen molar-refractivity contribution in [1.82, 2.24) is 4.90 Å². The summed E-state index contributed by atoms with van der Waals surface area (Å²) in [5.41, 5.74) is 3.90. The molecule has 0 aromatic carbocycles. The van der Waals surface area contributed by atoms with Crippen LogP contribution in [0.2, 0.25) is 0 Å². The number of allylic oxidation sites excluding steroid dienone is 2. The molecular weight excluding hydrogens is 310 g/mol. The molecular formula is C22H37NO2. The standard InChI is InChI=1S/C22H37NO2/c1-16-12-17-8-7-9-22(2,3)20(17)13-19(16)21-24-15-18(25-21)14-23-10-5-4-6-11-23/h16,18-19,21H,4-15H2,1-3H3/t16-,18+,19+,21+/m1/s1. The summed E-state index contributed by atoms with van der Waals surface area (Å²) >= 11 is 0. The van der Waals surface area contributed by atoms with Crippen LogP contribution >= 0.6 is 0 Å². The third kappa shape index (κ3) is 3.84. The van der Waals surface area contributed by atoms with E-state index in [2.05, 4.69) is 25.7 Å². The fraction of sp³-hybridized carbons (Fsp3) is 0.909. The summed E-state index contributed by atoms with van der Waals surface area (Å²) in [6.07, 6.45) is 10.9. The SMILES string of the molecule is C[C@@H]1CC2=C(C[C@@H]1[C@H]1OC[C@H](CN3CCCCC3)O1)C(C)(C)CCC2. The maximum Gasteiger partial charge on any atom is 0.161 e. The van der Waals surface area contributed by atoms with E-state index in [1.165, 1.54) is 64.5 Å². The van der Waals surface area contributed by atoms with Crippen LogP contribution < -0.4 is 0 Å². The number of hydrogen-bond acceptors (Lipinski definition) is 3. The Labute approximate surface area is 154 Å². The molecule has 0 aromatic rings. The molecule has 2 fully saturated rings. The molecule has 25 heavy (non-hydrogen) atoms. The average molecular weight is 348 g/mol. The highest BCUT2D eigenvalue weighted by Crippen LogP contribution is 2.50. The summed E-state index contributed by atoms with van der Waals surface area (Å²) in [4.78, 5) is 2.58. The van der Waals surface area contributed by atoms with Crippen LogP contribution in [-0.2, 0) is 9.47 Å². The normalized spacial score (nSPS) is 39.5. The Morgan fingerprint density at radius 1 is 1.08 bits per heavy atom. The van der Waals surface area contributed by atoms with Gasteiger partial charge < -0.3 is 14.4 Å². The van der Waals surface area contributed by atoms with Crippen molar-refractivity contribution in [2.75, 3.05) is 26.2 Å². The molecule has 0 N–H and O–H groups in total. The van der Waals surface area contributed by atoms with Crippen LogP contribution in [0.3, 0.4) is 0 Å². The topological polar surface area (TPSA) is 21.7 Å². The Hall–Kier alpha value is -0.380. The van der Waals surface area contributed by atoms with Gasteiger partial charge in [0, 0.05) is 12.5 Å². The molecule has 4 aliphatic rings. The van der Waals surface area contributed by atoms with Crippen molar-refractivity contribution in [3.63, 3.8) is 0 Å². The molecule has 142 valence electrons. The van der Waals surface area contributed by atoms with Crippen molar-refractivity contribution in [2.45, 2.75) is 84.5 Å². The van der Waals surface area contributed by atoms with Gasteiger partial charge in [-0.2, -0.15) is 0 Å². The zero-order valence-electron chi connectivity index (χ0n) is 16.6. The zero-order valence-corrected chi connectivity index (χ0v) is 16.6. The van der Waals surface area contributed by atoms with Crippen LogP contribution in [0.4, 0.5) is 0 Å². The molecule has 4 rings (SSSR count). The molecule has 4 atom stereocenters. The second kappa shape index (κ2) is 7.32. The number of rotatable bonds is 3. The highest BCUT2D eigenvalue weighted by molar-refractivity contribution is 5.27. The molecule has 0 aromatic heterocycles. The average Bonchev–Trinajstić information content (AvgIpc) is 3.03. The number of likely N-dealkylation sites (tertiary alicyclic amines) is 1. The van der Waals surface area contributed by atoms with E-state index in [4.69, 9.17) is 9.47 Å². The van der Waals surface area contributed by atoms with Gasteiger partial charge in [0.05, 0.1) is 12.7 Å². The van der Waals surface area contributed by atoms with Crippen LogP contribution in [0, 0.1) is 17.3 Å². The number of piperidine rings is 1. The van der Waals surface area contributed by atoms with Gasteiger partial charge in [-0.3, -0.25) is 0 Å². The molecule has 2 heterocycles. The maximum absolute atomic E-state index is 6.44. The lowest BCUT2D eigenvalue weighted by molar-refractivity contribution is -0.115. The molecule has 3 nitrogen and oxygen atoms in total. The minimum atomic E-state index is 0.0246. The van der Waals surface area contributed by atoms with Gasteiger partial charge in [0.1, 0.15) is 0 Å². The molecule has 2 aliphatic carbocycles. The van der Waals surface area contributed by atoms with E-state index in [9.17, 15) is 0 Å². The van der Waals surface area contributed by atoms with E-state index in [0.717, 1.165) is 13.2 Å². The van der Waals surface area contributed by atoms with E-state index in [1.54, 1.807) is 11.1 Å². The predicted octanol–water partition coefficient (Wildman–Crippen LogP) is 4.77. The van der Waals surface area contributed by atoms with Crippen LogP contribution in [0.5, 0.6) is 0 Å². The van der Waals surface area contributed by atoms with Crippen molar-refractivity contribution in [1.29, 1.82) is 0 Å². The number of ether oxygens (including phenoxy) is 2. The molecule has 0 saturated carbocycles. The first kappa shape index (κ1) is 18.0. The van der Waals surface area contributed by atoms with Gasteiger partial charge in [-0.05, 0) is 69.4 Å². The smallest absolute Gasteiger partial charge is 0.161 e. The quantitative estimate of drug-likeness (QED) is 0.687. The van der Waals surface area contributed by atoms with Gasteiger partial charge in [-0.25, -0.2) is 0 Å². The predicted molar refractivity (Wildman–Crippen MR) is 101 cm³/mol. The summed E-state index contributed by atoms with van der Waals surface area (Å²) in [6, 6.07) is 0. The lowest BCUT2D eigenvalue weighted by atomic mass is 9.63. The van der Waals surface area contributed by atoms with Gasteiger partial charge in [0.2, 0.25) is 0 Å². The van der Waals surface area contributed by atoms with Gasteiger partial charge in [-0.15, -0.1) is 0 Å². The van der Waals surface area contributed by atoms with Crippen molar-refractivity contribution < 1.29 is 9.47 Å². The van der Waals surface area contributed by atoms with Crippen LogP contribution in [0.1, 0.15) is 72.1 Å². The third-order valence-electron chi connectivity index (χ3n) is 7.30. The third-order valence-corrected chi connectivity index (χ3v) is 7.30. The Morgan fingerprint density at radius 2 is 1.88 bits per heavy atom. The Balaban J connectivity index is 1.38. The number of hydrogen-bond donors (Lipinski definition) is 0. The summed E-state index contributed by atoms with van der Waals surface area (Å²) in [5, 5.41) is 0. The molecule has 0 amide bonds. The van der Waals surface area contributed by atoms with Gasteiger partial charge >= 0.3 is 0 Å². The zero-order chi connectivity index (χ0) is 17.4.